The lowest BCUT2D eigenvalue weighted by Gasteiger charge is -2.08. The number of hydrogen-bond donors (Lipinski definition) is 0. The minimum absolute atomic E-state index is 0.176. The van der Waals surface area contributed by atoms with Gasteiger partial charge in [-0.3, -0.25) is 0 Å². The third kappa shape index (κ3) is 1.80. The molecule has 1 saturated carbocycles. The molecule has 1 aromatic rings. The average molecular weight is 259 g/mol. The summed E-state index contributed by atoms with van der Waals surface area (Å²) >= 11 is 3.20. The standard InChI is InChI=1S/C10H12BrFN2/c1-5(2)10-13-8(6-3-4-6)7(11)9(12)14-10/h5-6H,3-4H2,1-2H3. The van der Waals surface area contributed by atoms with Crippen molar-refractivity contribution in [3.05, 3.63) is 21.9 Å². The van der Waals surface area contributed by atoms with Gasteiger partial charge in [0.05, 0.1) is 10.2 Å². The second kappa shape index (κ2) is 3.57. The Balaban J connectivity index is 2.46. The summed E-state index contributed by atoms with van der Waals surface area (Å²) in [5.74, 6) is 0.799. The van der Waals surface area contributed by atoms with Crippen LogP contribution in [0.3, 0.4) is 0 Å². The normalized spacial score (nSPS) is 16.4. The predicted molar refractivity (Wildman–Crippen MR) is 55.8 cm³/mol. The van der Waals surface area contributed by atoms with Crippen LogP contribution in [0.25, 0.3) is 0 Å². The first-order chi connectivity index (χ1) is 6.59. The summed E-state index contributed by atoms with van der Waals surface area (Å²) in [5, 5.41) is 0. The lowest BCUT2D eigenvalue weighted by Crippen LogP contribution is -2.04. The first kappa shape index (κ1) is 10.0. The van der Waals surface area contributed by atoms with Gasteiger partial charge in [0.25, 0.3) is 0 Å². The van der Waals surface area contributed by atoms with Crippen molar-refractivity contribution in [2.24, 2.45) is 0 Å². The lowest BCUT2D eigenvalue weighted by molar-refractivity contribution is 0.549. The highest BCUT2D eigenvalue weighted by atomic mass is 79.9. The molecule has 1 heterocycles. The highest BCUT2D eigenvalue weighted by Gasteiger charge is 2.29. The Kier molecular flexibility index (Phi) is 2.56. The average Bonchev–Trinajstić information content (AvgIpc) is 2.92. The molecule has 1 aromatic heterocycles. The molecule has 0 aliphatic heterocycles. The molecule has 0 aromatic carbocycles. The highest BCUT2D eigenvalue weighted by molar-refractivity contribution is 9.10. The maximum atomic E-state index is 13.4. The molecular formula is C10H12BrFN2. The van der Waals surface area contributed by atoms with Crippen molar-refractivity contribution in [2.45, 2.75) is 38.5 Å². The lowest BCUT2D eigenvalue weighted by atomic mass is 10.2. The summed E-state index contributed by atoms with van der Waals surface area (Å²) in [6, 6.07) is 0. The molecule has 0 spiro atoms. The van der Waals surface area contributed by atoms with Crippen molar-refractivity contribution in [3.63, 3.8) is 0 Å². The van der Waals surface area contributed by atoms with Crippen molar-refractivity contribution >= 4 is 15.9 Å². The molecule has 0 saturated heterocycles. The Labute approximate surface area is 91.1 Å². The molecule has 1 aliphatic rings. The maximum absolute atomic E-state index is 13.4. The topological polar surface area (TPSA) is 25.8 Å². The van der Waals surface area contributed by atoms with Crippen LogP contribution in [0, 0.1) is 5.95 Å². The van der Waals surface area contributed by atoms with E-state index in [0.717, 1.165) is 18.5 Å². The van der Waals surface area contributed by atoms with Crippen molar-refractivity contribution in [1.82, 2.24) is 9.97 Å². The molecule has 2 nitrogen and oxygen atoms in total. The van der Waals surface area contributed by atoms with Crippen LogP contribution in [0.5, 0.6) is 0 Å². The Morgan fingerprint density at radius 1 is 1.36 bits per heavy atom. The van der Waals surface area contributed by atoms with Crippen molar-refractivity contribution < 1.29 is 4.39 Å². The first-order valence-corrected chi connectivity index (χ1v) is 5.61. The SMILES string of the molecule is CC(C)c1nc(F)c(Br)c(C2CC2)n1. The Morgan fingerprint density at radius 2 is 2.00 bits per heavy atom. The van der Waals surface area contributed by atoms with E-state index in [1.54, 1.807) is 0 Å². The van der Waals surface area contributed by atoms with Gasteiger partial charge in [-0.05, 0) is 28.8 Å². The van der Waals surface area contributed by atoms with E-state index in [0.29, 0.717) is 16.2 Å². The van der Waals surface area contributed by atoms with E-state index in [-0.39, 0.29) is 5.92 Å². The number of hydrogen-bond acceptors (Lipinski definition) is 2. The zero-order chi connectivity index (χ0) is 10.3. The van der Waals surface area contributed by atoms with Crippen molar-refractivity contribution in [3.8, 4) is 0 Å². The molecule has 1 aliphatic carbocycles. The molecule has 0 atom stereocenters. The van der Waals surface area contributed by atoms with Crippen LogP contribution >= 0.6 is 15.9 Å². The third-order valence-corrected chi connectivity index (χ3v) is 3.07. The van der Waals surface area contributed by atoms with Crippen LogP contribution in [0.2, 0.25) is 0 Å². The minimum Gasteiger partial charge on any atom is -0.236 e. The van der Waals surface area contributed by atoms with Gasteiger partial charge in [-0.1, -0.05) is 13.8 Å². The summed E-state index contributed by atoms with van der Waals surface area (Å²) < 4.78 is 13.8. The predicted octanol–water partition coefficient (Wildman–Crippen LogP) is 3.38. The zero-order valence-electron chi connectivity index (χ0n) is 8.22. The van der Waals surface area contributed by atoms with Gasteiger partial charge in [-0.15, -0.1) is 0 Å². The van der Waals surface area contributed by atoms with E-state index in [1.165, 1.54) is 0 Å². The van der Waals surface area contributed by atoms with E-state index < -0.39 is 5.95 Å². The van der Waals surface area contributed by atoms with Gasteiger partial charge in [-0.25, -0.2) is 9.97 Å². The molecule has 0 unspecified atom stereocenters. The number of aromatic nitrogens is 2. The van der Waals surface area contributed by atoms with Gasteiger partial charge in [0.2, 0.25) is 5.95 Å². The first-order valence-electron chi connectivity index (χ1n) is 4.82. The van der Waals surface area contributed by atoms with E-state index in [9.17, 15) is 4.39 Å². The summed E-state index contributed by atoms with van der Waals surface area (Å²) in [6.07, 6.45) is 2.24. The molecular weight excluding hydrogens is 247 g/mol. The Morgan fingerprint density at radius 3 is 2.50 bits per heavy atom. The van der Waals surface area contributed by atoms with Crippen LogP contribution in [0.1, 0.15) is 50.0 Å². The quantitative estimate of drug-likeness (QED) is 0.761. The fraction of sp³-hybridized carbons (Fsp3) is 0.600. The molecule has 76 valence electrons. The number of halogens is 2. The molecule has 0 bridgehead atoms. The van der Waals surface area contributed by atoms with Gasteiger partial charge < -0.3 is 0 Å². The Hall–Kier alpha value is -0.510. The Bertz CT molecular complexity index is 361. The summed E-state index contributed by atoms with van der Waals surface area (Å²) in [4.78, 5) is 8.22. The van der Waals surface area contributed by atoms with Crippen molar-refractivity contribution in [1.29, 1.82) is 0 Å². The van der Waals surface area contributed by atoms with Crippen LogP contribution in [-0.2, 0) is 0 Å². The molecule has 4 heteroatoms. The third-order valence-electron chi connectivity index (χ3n) is 2.33. The summed E-state index contributed by atoms with van der Waals surface area (Å²) in [5.41, 5.74) is 0.848. The van der Waals surface area contributed by atoms with Crippen LogP contribution in [0.15, 0.2) is 4.47 Å². The number of nitrogens with zero attached hydrogens (tertiary/aromatic N) is 2. The van der Waals surface area contributed by atoms with Crippen LogP contribution in [0.4, 0.5) is 4.39 Å². The van der Waals surface area contributed by atoms with Gasteiger partial charge in [0.1, 0.15) is 5.82 Å². The van der Waals surface area contributed by atoms with E-state index in [2.05, 4.69) is 25.9 Å². The zero-order valence-corrected chi connectivity index (χ0v) is 9.81. The van der Waals surface area contributed by atoms with E-state index in [4.69, 9.17) is 0 Å². The highest BCUT2D eigenvalue weighted by Crippen LogP contribution is 2.42. The molecule has 2 rings (SSSR count). The maximum Gasteiger partial charge on any atom is 0.230 e. The van der Waals surface area contributed by atoms with Gasteiger partial charge in [-0.2, -0.15) is 4.39 Å². The fourth-order valence-electron chi connectivity index (χ4n) is 1.34. The smallest absolute Gasteiger partial charge is 0.230 e. The van der Waals surface area contributed by atoms with E-state index >= 15 is 0 Å². The van der Waals surface area contributed by atoms with Gasteiger partial charge in [0, 0.05) is 11.8 Å². The fourth-order valence-corrected chi connectivity index (χ4v) is 1.84. The van der Waals surface area contributed by atoms with Gasteiger partial charge in [0.15, 0.2) is 0 Å². The minimum atomic E-state index is -0.425. The molecule has 0 N–H and O–H groups in total. The summed E-state index contributed by atoms with van der Waals surface area (Å²) in [6.45, 7) is 3.94. The van der Waals surface area contributed by atoms with Crippen LogP contribution < -0.4 is 0 Å². The molecule has 0 radical (unpaired) electrons. The monoisotopic (exact) mass is 258 g/mol. The second-order valence-corrected chi connectivity index (χ2v) is 4.79. The van der Waals surface area contributed by atoms with E-state index in [1.807, 2.05) is 13.8 Å². The van der Waals surface area contributed by atoms with Crippen LogP contribution in [-0.4, -0.2) is 9.97 Å². The number of rotatable bonds is 2. The van der Waals surface area contributed by atoms with Crippen molar-refractivity contribution in [2.75, 3.05) is 0 Å². The largest absolute Gasteiger partial charge is 0.236 e. The van der Waals surface area contributed by atoms with Gasteiger partial charge >= 0.3 is 0 Å². The summed E-state index contributed by atoms with van der Waals surface area (Å²) in [7, 11) is 0. The molecule has 0 amide bonds. The molecule has 1 fully saturated rings. The second-order valence-electron chi connectivity index (χ2n) is 4.00. The molecule has 14 heavy (non-hydrogen) atoms.